The minimum atomic E-state index is 0.752. The van der Waals surface area contributed by atoms with Crippen molar-refractivity contribution in [3.63, 3.8) is 0 Å². The number of benzene rings is 1. The molecular formula is C14H16N2O2. The number of ether oxygens (including phenoxy) is 1. The number of hydrogen-bond acceptors (Lipinski definition) is 3. The average Bonchev–Trinajstić information content (AvgIpc) is 2.76. The molecule has 1 aliphatic rings. The molecule has 0 atom stereocenters. The van der Waals surface area contributed by atoms with Crippen molar-refractivity contribution in [2.24, 2.45) is 7.05 Å². The van der Waals surface area contributed by atoms with Crippen molar-refractivity contribution < 1.29 is 9.53 Å². The van der Waals surface area contributed by atoms with E-state index >= 15 is 0 Å². The molecule has 2 heterocycles. The lowest BCUT2D eigenvalue weighted by Crippen LogP contribution is -2.36. The first-order valence-corrected chi connectivity index (χ1v) is 6.16. The average molecular weight is 244 g/mol. The summed E-state index contributed by atoms with van der Waals surface area (Å²) in [7, 11) is 1.96. The zero-order valence-corrected chi connectivity index (χ0v) is 10.4. The summed E-state index contributed by atoms with van der Waals surface area (Å²) in [5.74, 6) is 0. The maximum absolute atomic E-state index is 11.1. The highest BCUT2D eigenvalue weighted by atomic mass is 16.5. The van der Waals surface area contributed by atoms with Crippen LogP contribution in [-0.2, 0) is 11.8 Å². The van der Waals surface area contributed by atoms with Gasteiger partial charge in [0.1, 0.15) is 0 Å². The molecule has 0 N–H and O–H groups in total. The Balaban J connectivity index is 2.06. The first kappa shape index (κ1) is 11.3. The van der Waals surface area contributed by atoms with Crippen molar-refractivity contribution in [3.05, 3.63) is 30.0 Å². The van der Waals surface area contributed by atoms with Crippen molar-refractivity contribution in [1.82, 2.24) is 4.57 Å². The van der Waals surface area contributed by atoms with Gasteiger partial charge in [-0.05, 0) is 18.2 Å². The van der Waals surface area contributed by atoms with Gasteiger partial charge in [0.15, 0.2) is 6.29 Å². The number of fused-ring (bicyclic) bond motifs is 1. The quantitative estimate of drug-likeness (QED) is 0.756. The van der Waals surface area contributed by atoms with E-state index in [4.69, 9.17) is 4.74 Å². The summed E-state index contributed by atoms with van der Waals surface area (Å²) < 4.78 is 7.34. The number of morpholine rings is 1. The van der Waals surface area contributed by atoms with E-state index in [9.17, 15) is 4.79 Å². The molecule has 0 unspecified atom stereocenters. The number of aromatic nitrogens is 1. The van der Waals surface area contributed by atoms with Gasteiger partial charge in [-0.1, -0.05) is 0 Å². The Bertz CT molecular complexity index is 583. The van der Waals surface area contributed by atoms with E-state index in [0.29, 0.717) is 0 Å². The number of hydrogen-bond donors (Lipinski definition) is 0. The first-order chi connectivity index (χ1) is 8.79. The molecule has 3 rings (SSSR count). The molecule has 0 radical (unpaired) electrons. The van der Waals surface area contributed by atoms with E-state index in [1.807, 2.05) is 17.8 Å². The van der Waals surface area contributed by atoms with Gasteiger partial charge in [0.2, 0.25) is 0 Å². The third kappa shape index (κ3) is 1.78. The molecule has 1 fully saturated rings. The SMILES string of the molecule is Cn1cc(C=O)c2cc(N3CCOCC3)ccc21. The minimum absolute atomic E-state index is 0.752. The van der Waals surface area contributed by atoms with Gasteiger partial charge in [0, 0.05) is 48.5 Å². The van der Waals surface area contributed by atoms with Crippen LogP contribution in [0.15, 0.2) is 24.4 Å². The first-order valence-electron chi connectivity index (χ1n) is 6.16. The fourth-order valence-corrected chi connectivity index (χ4v) is 2.52. The normalized spacial score (nSPS) is 16.2. The van der Waals surface area contributed by atoms with Crippen LogP contribution in [0.4, 0.5) is 5.69 Å². The Labute approximate surface area is 106 Å². The number of carbonyl (C=O) groups excluding carboxylic acids is 1. The minimum Gasteiger partial charge on any atom is -0.378 e. The van der Waals surface area contributed by atoms with Gasteiger partial charge >= 0.3 is 0 Å². The summed E-state index contributed by atoms with van der Waals surface area (Å²) in [6.45, 7) is 3.37. The predicted molar refractivity (Wildman–Crippen MR) is 71.3 cm³/mol. The molecule has 18 heavy (non-hydrogen) atoms. The van der Waals surface area contributed by atoms with Crippen molar-refractivity contribution in [1.29, 1.82) is 0 Å². The topological polar surface area (TPSA) is 34.5 Å². The largest absolute Gasteiger partial charge is 0.378 e. The van der Waals surface area contributed by atoms with Crippen molar-refractivity contribution in [3.8, 4) is 0 Å². The molecule has 1 aromatic carbocycles. The lowest BCUT2D eigenvalue weighted by atomic mass is 10.1. The number of carbonyl (C=O) groups is 1. The fraction of sp³-hybridized carbons (Fsp3) is 0.357. The second kappa shape index (κ2) is 4.46. The van der Waals surface area contributed by atoms with E-state index < -0.39 is 0 Å². The van der Waals surface area contributed by atoms with Crippen LogP contribution in [0, 0.1) is 0 Å². The van der Waals surface area contributed by atoms with Crippen LogP contribution in [0.1, 0.15) is 10.4 Å². The zero-order chi connectivity index (χ0) is 12.5. The predicted octanol–water partition coefficient (Wildman–Crippen LogP) is 1.83. The standard InChI is InChI=1S/C14H16N2O2/c1-15-9-11(10-17)13-8-12(2-3-14(13)15)16-4-6-18-7-5-16/h2-3,8-10H,4-7H2,1H3. The van der Waals surface area contributed by atoms with Crippen molar-refractivity contribution >= 4 is 22.9 Å². The third-order valence-electron chi connectivity index (χ3n) is 3.51. The van der Waals surface area contributed by atoms with Crippen LogP contribution in [0.2, 0.25) is 0 Å². The summed E-state index contributed by atoms with van der Waals surface area (Å²) in [5.41, 5.74) is 3.01. The summed E-state index contributed by atoms with van der Waals surface area (Å²) in [6.07, 6.45) is 2.80. The maximum atomic E-state index is 11.1. The molecule has 1 aromatic heterocycles. The van der Waals surface area contributed by atoms with Gasteiger partial charge in [-0.3, -0.25) is 4.79 Å². The van der Waals surface area contributed by atoms with Gasteiger partial charge in [-0.25, -0.2) is 0 Å². The number of aldehydes is 1. The Morgan fingerprint density at radius 1 is 1.28 bits per heavy atom. The molecule has 4 heteroatoms. The Morgan fingerprint density at radius 3 is 2.78 bits per heavy atom. The van der Waals surface area contributed by atoms with Crippen molar-refractivity contribution in [2.75, 3.05) is 31.2 Å². The molecular weight excluding hydrogens is 228 g/mol. The summed E-state index contributed by atoms with van der Waals surface area (Å²) >= 11 is 0. The Hall–Kier alpha value is -1.81. The molecule has 0 bridgehead atoms. The van der Waals surface area contributed by atoms with Crippen LogP contribution in [0.3, 0.4) is 0 Å². The molecule has 0 amide bonds. The number of anilines is 1. The molecule has 0 saturated carbocycles. The van der Waals surface area contributed by atoms with E-state index in [0.717, 1.165) is 49.1 Å². The van der Waals surface area contributed by atoms with Gasteiger partial charge < -0.3 is 14.2 Å². The molecule has 0 spiro atoms. The molecule has 1 saturated heterocycles. The van der Waals surface area contributed by atoms with E-state index in [1.54, 1.807) is 0 Å². The molecule has 0 aliphatic carbocycles. The van der Waals surface area contributed by atoms with Crippen molar-refractivity contribution in [2.45, 2.75) is 0 Å². The summed E-state index contributed by atoms with van der Waals surface area (Å²) in [6, 6.07) is 6.29. The lowest BCUT2D eigenvalue weighted by molar-refractivity contribution is 0.112. The van der Waals surface area contributed by atoms with Gasteiger partial charge in [0.05, 0.1) is 13.2 Å². The monoisotopic (exact) mass is 244 g/mol. The zero-order valence-electron chi connectivity index (χ0n) is 10.4. The van der Waals surface area contributed by atoms with Crippen LogP contribution < -0.4 is 4.90 Å². The van der Waals surface area contributed by atoms with Gasteiger partial charge in [-0.2, -0.15) is 0 Å². The molecule has 4 nitrogen and oxygen atoms in total. The third-order valence-corrected chi connectivity index (χ3v) is 3.51. The lowest BCUT2D eigenvalue weighted by Gasteiger charge is -2.28. The highest BCUT2D eigenvalue weighted by Gasteiger charge is 2.13. The maximum Gasteiger partial charge on any atom is 0.152 e. The highest BCUT2D eigenvalue weighted by Crippen LogP contribution is 2.25. The molecule has 94 valence electrons. The van der Waals surface area contributed by atoms with Gasteiger partial charge in [-0.15, -0.1) is 0 Å². The van der Waals surface area contributed by atoms with E-state index in [-0.39, 0.29) is 0 Å². The number of rotatable bonds is 2. The fourth-order valence-electron chi connectivity index (χ4n) is 2.52. The Kier molecular flexibility index (Phi) is 2.80. The number of aryl methyl sites for hydroxylation is 1. The van der Waals surface area contributed by atoms with E-state index in [1.165, 1.54) is 5.69 Å². The van der Waals surface area contributed by atoms with Crippen LogP contribution >= 0.6 is 0 Å². The second-order valence-electron chi connectivity index (χ2n) is 4.61. The van der Waals surface area contributed by atoms with Crippen LogP contribution in [0.25, 0.3) is 10.9 Å². The Morgan fingerprint density at radius 2 is 2.06 bits per heavy atom. The van der Waals surface area contributed by atoms with Crippen LogP contribution in [0.5, 0.6) is 0 Å². The van der Waals surface area contributed by atoms with Crippen LogP contribution in [-0.4, -0.2) is 37.2 Å². The second-order valence-corrected chi connectivity index (χ2v) is 4.61. The number of nitrogens with zero attached hydrogens (tertiary/aromatic N) is 2. The summed E-state index contributed by atoms with van der Waals surface area (Å²) in [5, 5.41) is 1.02. The molecule has 2 aromatic rings. The smallest absolute Gasteiger partial charge is 0.152 e. The van der Waals surface area contributed by atoms with E-state index in [2.05, 4.69) is 23.1 Å². The molecule has 1 aliphatic heterocycles. The van der Waals surface area contributed by atoms with Gasteiger partial charge in [0.25, 0.3) is 0 Å². The summed E-state index contributed by atoms with van der Waals surface area (Å²) in [4.78, 5) is 13.4. The highest BCUT2D eigenvalue weighted by molar-refractivity contribution is 5.99.